The summed E-state index contributed by atoms with van der Waals surface area (Å²) in [5.41, 5.74) is 7.57. The second-order valence-electron chi connectivity index (χ2n) is 2.84. The molecule has 0 heterocycles. The fourth-order valence-corrected chi connectivity index (χ4v) is 1.94. The van der Waals surface area contributed by atoms with E-state index in [1.165, 1.54) is 0 Å². The molecule has 0 fully saturated rings. The van der Waals surface area contributed by atoms with Crippen molar-refractivity contribution in [2.75, 3.05) is 5.73 Å². The molecule has 1 aromatic carbocycles. The second kappa shape index (κ2) is 3.33. The van der Waals surface area contributed by atoms with Gasteiger partial charge in [0.2, 0.25) is 0 Å². The molecular formula is C8H9BrN2O2. The van der Waals surface area contributed by atoms with Crippen LogP contribution in [0.3, 0.4) is 0 Å². The summed E-state index contributed by atoms with van der Waals surface area (Å²) in [6, 6.07) is 1.71. The molecule has 0 unspecified atom stereocenters. The normalized spacial score (nSPS) is 10.1. The maximum absolute atomic E-state index is 10.6. The molecule has 70 valence electrons. The lowest BCUT2D eigenvalue weighted by Gasteiger charge is -2.05. The standard InChI is InChI=1S/C8H9BrN2O2/c1-4-3-5(2)8(11(12)13)6(9)7(4)10/h3H,10H2,1-2H3. The fraction of sp³-hybridized carbons (Fsp3) is 0.250. The van der Waals surface area contributed by atoms with E-state index in [1.807, 2.05) is 6.92 Å². The van der Waals surface area contributed by atoms with Gasteiger partial charge in [-0.15, -0.1) is 0 Å². The number of nitrogens with two attached hydrogens (primary N) is 1. The van der Waals surface area contributed by atoms with Gasteiger partial charge in [-0.3, -0.25) is 10.1 Å². The predicted molar refractivity (Wildman–Crippen MR) is 54.7 cm³/mol. The smallest absolute Gasteiger partial charge is 0.288 e. The van der Waals surface area contributed by atoms with Crippen LogP contribution in [-0.2, 0) is 0 Å². The van der Waals surface area contributed by atoms with Crippen molar-refractivity contribution in [3.8, 4) is 0 Å². The zero-order chi connectivity index (χ0) is 10.2. The minimum Gasteiger partial charge on any atom is -0.397 e. The molecule has 0 bridgehead atoms. The maximum atomic E-state index is 10.6. The van der Waals surface area contributed by atoms with Crippen LogP contribution in [0.5, 0.6) is 0 Å². The van der Waals surface area contributed by atoms with Crippen molar-refractivity contribution in [3.05, 3.63) is 31.8 Å². The number of nitrogens with zero attached hydrogens (tertiary/aromatic N) is 1. The maximum Gasteiger partial charge on any atom is 0.288 e. The first-order valence-electron chi connectivity index (χ1n) is 3.64. The molecule has 0 saturated heterocycles. The third-order valence-corrected chi connectivity index (χ3v) is 2.66. The Morgan fingerprint density at radius 3 is 2.46 bits per heavy atom. The van der Waals surface area contributed by atoms with E-state index in [0.29, 0.717) is 15.7 Å². The molecule has 0 aliphatic carbocycles. The Morgan fingerprint density at radius 1 is 1.46 bits per heavy atom. The molecule has 1 aromatic rings. The molecule has 13 heavy (non-hydrogen) atoms. The third-order valence-electron chi connectivity index (χ3n) is 1.86. The Balaban J connectivity index is 3.53. The highest BCUT2D eigenvalue weighted by atomic mass is 79.9. The predicted octanol–water partition coefficient (Wildman–Crippen LogP) is 2.56. The Hall–Kier alpha value is -1.10. The minimum absolute atomic E-state index is 0.0445. The van der Waals surface area contributed by atoms with Crippen LogP contribution < -0.4 is 5.73 Å². The molecule has 0 aliphatic rings. The van der Waals surface area contributed by atoms with Crippen LogP contribution in [-0.4, -0.2) is 4.92 Å². The number of anilines is 1. The highest BCUT2D eigenvalue weighted by molar-refractivity contribution is 9.10. The summed E-state index contributed by atoms with van der Waals surface area (Å²) in [6.45, 7) is 3.51. The summed E-state index contributed by atoms with van der Waals surface area (Å²) < 4.78 is 0.370. The lowest BCUT2D eigenvalue weighted by atomic mass is 10.1. The minimum atomic E-state index is -0.435. The average Bonchev–Trinajstić information content (AvgIpc) is 1.99. The molecule has 2 N–H and O–H groups in total. The van der Waals surface area contributed by atoms with Crippen molar-refractivity contribution < 1.29 is 4.92 Å². The zero-order valence-corrected chi connectivity index (χ0v) is 8.88. The summed E-state index contributed by atoms with van der Waals surface area (Å²) >= 11 is 3.12. The van der Waals surface area contributed by atoms with Gasteiger partial charge in [-0.25, -0.2) is 0 Å². The zero-order valence-electron chi connectivity index (χ0n) is 7.30. The number of hydrogen-bond donors (Lipinski definition) is 1. The molecule has 0 spiro atoms. The summed E-state index contributed by atoms with van der Waals surface area (Å²) in [4.78, 5) is 10.2. The largest absolute Gasteiger partial charge is 0.397 e. The van der Waals surface area contributed by atoms with Crippen LogP contribution in [0.15, 0.2) is 10.5 Å². The van der Waals surface area contributed by atoms with Crippen LogP contribution in [0.25, 0.3) is 0 Å². The first kappa shape index (κ1) is 9.98. The number of aryl methyl sites for hydroxylation is 2. The highest BCUT2D eigenvalue weighted by Crippen LogP contribution is 2.35. The average molecular weight is 245 g/mol. The van der Waals surface area contributed by atoms with Crippen molar-refractivity contribution in [3.63, 3.8) is 0 Å². The molecule has 0 aliphatic heterocycles. The van der Waals surface area contributed by atoms with Crippen LogP contribution in [0.2, 0.25) is 0 Å². The van der Waals surface area contributed by atoms with Crippen molar-refractivity contribution in [2.45, 2.75) is 13.8 Å². The summed E-state index contributed by atoms with van der Waals surface area (Å²) in [7, 11) is 0. The van der Waals surface area contributed by atoms with E-state index >= 15 is 0 Å². The van der Waals surface area contributed by atoms with Gasteiger partial charge in [0.05, 0.1) is 10.6 Å². The van der Waals surface area contributed by atoms with Crippen molar-refractivity contribution in [1.29, 1.82) is 0 Å². The highest BCUT2D eigenvalue weighted by Gasteiger charge is 2.19. The molecule has 0 amide bonds. The second-order valence-corrected chi connectivity index (χ2v) is 3.64. The number of nitrogen functional groups attached to an aromatic ring is 1. The SMILES string of the molecule is Cc1cc(C)c([N+](=O)[O-])c(Br)c1N. The van der Waals surface area contributed by atoms with Crippen LogP contribution in [0, 0.1) is 24.0 Å². The third kappa shape index (κ3) is 1.65. The first-order chi connectivity index (χ1) is 5.95. The quantitative estimate of drug-likeness (QED) is 0.469. The van der Waals surface area contributed by atoms with Gasteiger partial charge in [-0.1, -0.05) is 0 Å². The molecule has 0 aromatic heterocycles. The van der Waals surface area contributed by atoms with E-state index in [1.54, 1.807) is 13.0 Å². The van der Waals surface area contributed by atoms with E-state index in [9.17, 15) is 10.1 Å². The topological polar surface area (TPSA) is 69.2 Å². The van der Waals surface area contributed by atoms with Crippen molar-refractivity contribution in [2.24, 2.45) is 0 Å². The molecule has 0 radical (unpaired) electrons. The van der Waals surface area contributed by atoms with Gasteiger partial charge < -0.3 is 5.73 Å². The molecule has 1 rings (SSSR count). The Bertz CT molecular complexity index is 377. The summed E-state index contributed by atoms with van der Waals surface area (Å²) in [6.07, 6.45) is 0. The molecule has 5 heteroatoms. The first-order valence-corrected chi connectivity index (χ1v) is 4.44. The Labute approximate surface area is 84.0 Å². The van der Waals surface area contributed by atoms with E-state index < -0.39 is 4.92 Å². The van der Waals surface area contributed by atoms with E-state index in [0.717, 1.165) is 5.56 Å². The van der Waals surface area contributed by atoms with Gasteiger partial charge >= 0.3 is 0 Å². The molecular weight excluding hydrogens is 236 g/mol. The van der Waals surface area contributed by atoms with Crippen LogP contribution in [0.4, 0.5) is 11.4 Å². The van der Waals surface area contributed by atoms with Crippen LogP contribution in [0.1, 0.15) is 11.1 Å². The number of halogens is 1. The summed E-state index contributed by atoms with van der Waals surface area (Å²) in [5.74, 6) is 0. The van der Waals surface area contributed by atoms with E-state index in [-0.39, 0.29) is 5.69 Å². The van der Waals surface area contributed by atoms with Gasteiger partial charge in [-0.2, -0.15) is 0 Å². The van der Waals surface area contributed by atoms with Crippen molar-refractivity contribution in [1.82, 2.24) is 0 Å². The number of hydrogen-bond acceptors (Lipinski definition) is 3. The van der Waals surface area contributed by atoms with Gasteiger partial charge in [0.15, 0.2) is 0 Å². The summed E-state index contributed by atoms with van der Waals surface area (Å²) in [5, 5.41) is 10.6. The Morgan fingerprint density at radius 2 is 2.00 bits per heavy atom. The number of benzene rings is 1. The lowest BCUT2D eigenvalue weighted by molar-refractivity contribution is -0.386. The van der Waals surface area contributed by atoms with Gasteiger partial charge in [-0.05, 0) is 41.4 Å². The van der Waals surface area contributed by atoms with E-state index in [4.69, 9.17) is 5.73 Å². The van der Waals surface area contributed by atoms with Crippen LogP contribution >= 0.6 is 15.9 Å². The van der Waals surface area contributed by atoms with Gasteiger partial charge in [0, 0.05) is 5.56 Å². The molecule has 0 saturated carbocycles. The van der Waals surface area contributed by atoms with E-state index in [2.05, 4.69) is 15.9 Å². The Kier molecular flexibility index (Phi) is 2.56. The van der Waals surface area contributed by atoms with Gasteiger partial charge in [0.1, 0.15) is 4.47 Å². The monoisotopic (exact) mass is 244 g/mol. The fourth-order valence-electron chi connectivity index (χ4n) is 1.17. The molecule has 0 atom stereocenters. The number of rotatable bonds is 1. The lowest BCUT2D eigenvalue weighted by Crippen LogP contribution is -1.99. The molecule has 4 nitrogen and oxygen atoms in total. The van der Waals surface area contributed by atoms with Gasteiger partial charge in [0.25, 0.3) is 5.69 Å². The number of nitro groups is 1. The van der Waals surface area contributed by atoms with Crippen molar-refractivity contribution >= 4 is 27.3 Å². The number of nitro benzene ring substituents is 1.